The summed E-state index contributed by atoms with van der Waals surface area (Å²) in [6.45, 7) is 1.99. The number of carbonyl (C=O) groups is 1. The van der Waals surface area contributed by atoms with Crippen LogP contribution in [0.15, 0.2) is 34.7 Å². The summed E-state index contributed by atoms with van der Waals surface area (Å²) in [5, 5.41) is 2.61. The third-order valence-electron chi connectivity index (χ3n) is 3.01. The van der Waals surface area contributed by atoms with E-state index in [1.807, 2.05) is 6.92 Å². The summed E-state index contributed by atoms with van der Waals surface area (Å²) >= 11 is 4.78. The number of nitrogens with two attached hydrogens (primary N) is 1. The van der Waals surface area contributed by atoms with Gasteiger partial charge in [-0.05, 0) is 18.2 Å². The van der Waals surface area contributed by atoms with E-state index in [1.54, 1.807) is 24.3 Å². The van der Waals surface area contributed by atoms with Gasteiger partial charge in [0.1, 0.15) is 16.6 Å². The van der Waals surface area contributed by atoms with Crippen LogP contribution in [0.5, 0.6) is 0 Å². The molecule has 0 unspecified atom stereocenters. The smallest absolute Gasteiger partial charge is 0.287 e. The molecule has 1 aromatic carbocycles. The van der Waals surface area contributed by atoms with Crippen molar-refractivity contribution < 1.29 is 13.6 Å². The molecule has 1 aromatic heterocycles. The SMILES string of the molecule is CCc1ccc(C(=O)NCc2ccc(C(N)=S)cc2F)o1. The highest BCUT2D eigenvalue weighted by atomic mass is 32.1. The first-order chi connectivity index (χ1) is 10.0. The van der Waals surface area contributed by atoms with Crippen LogP contribution >= 0.6 is 12.2 Å². The van der Waals surface area contributed by atoms with Crippen LogP contribution in [0.25, 0.3) is 0 Å². The minimum absolute atomic E-state index is 0.0600. The molecule has 6 heteroatoms. The maximum atomic E-state index is 13.8. The number of furan rings is 1. The quantitative estimate of drug-likeness (QED) is 0.833. The van der Waals surface area contributed by atoms with Gasteiger partial charge in [0.2, 0.25) is 0 Å². The first-order valence-corrected chi connectivity index (χ1v) is 6.87. The summed E-state index contributed by atoms with van der Waals surface area (Å²) < 4.78 is 19.2. The molecule has 0 radical (unpaired) electrons. The van der Waals surface area contributed by atoms with Crippen molar-refractivity contribution >= 4 is 23.1 Å². The van der Waals surface area contributed by atoms with E-state index in [-0.39, 0.29) is 23.2 Å². The third kappa shape index (κ3) is 3.66. The van der Waals surface area contributed by atoms with Crippen LogP contribution in [0.4, 0.5) is 4.39 Å². The third-order valence-corrected chi connectivity index (χ3v) is 3.25. The fourth-order valence-electron chi connectivity index (χ4n) is 1.80. The predicted octanol–water partition coefficient (Wildman–Crippen LogP) is 2.55. The molecule has 110 valence electrons. The summed E-state index contributed by atoms with van der Waals surface area (Å²) in [6.07, 6.45) is 0.711. The zero-order chi connectivity index (χ0) is 15.4. The normalized spacial score (nSPS) is 10.4. The van der Waals surface area contributed by atoms with Crippen molar-refractivity contribution in [2.45, 2.75) is 19.9 Å². The minimum atomic E-state index is -0.464. The van der Waals surface area contributed by atoms with E-state index < -0.39 is 5.82 Å². The first-order valence-electron chi connectivity index (χ1n) is 6.46. The number of hydrogen-bond acceptors (Lipinski definition) is 3. The van der Waals surface area contributed by atoms with E-state index in [0.717, 1.165) is 5.76 Å². The second-order valence-corrected chi connectivity index (χ2v) is 4.91. The van der Waals surface area contributed by atoms with Crippen LogP contribution < -0.4 is 11.1 Å². The van der Waals surface area contributed by atoms with Crippen LogP contribution in [0.1, 0.15) is 34.4 Å². The Kier molecular flexibility index (Phi) is 4.70. The molecule has 0 saturated carbocycles. The predicted molar refractivity (Wildman–Crippen MR) is 81.5 cm³/mol. The van der Waals surface area contributed by atoms with Crippen LogP contribution in [0.3, 0.4) is 0 Å². The summed E-state index contributed by atoms with van der Waals surface area (Å²) in [4.78, 5) is 12.0. The van der Waals surface area contributed by atoms with E-state index in [4.69, 9.17) is 22.4 Å². The van der Waals surface area contributed by atoms with Gasteiger partial charge in [-0.1, -0.05) is 31.3 Å². The Morgan fingerprint density at radius 1 is 1.38 bits per heavy atom. The van der Waals surface area contributed by atoms with Gasteiger partial charge in [-0.2, -0.15) is 0 Å². The molecule has 0 aliphatic heterocycles. The second kappa shape index (κ2) is 6.49. The average molecular weight is 306 g/mol. The van der Waals surface area contributed by atoms with Crippen LogP contribution in [-0.2, 0) is 13.0 Å². The average Bonchev–Trinajstić information content (AvgIpc) is 2.94. The van der Waals surface area contributed by atoms with Crippen molar-refractivity contribution in [3.05, 3.63) is 58.8 Å². The van der Waals surface area contributed by atoms with Gasteiger partial charge in [-0.3, -0.25) is 4.79 Å². The second-order valence-electron chi connectivity index (χ2n) is 4.47. The van der Waals surface area contributed by atoms with Gasteiger partial charge >= 0.3 is 0 Å². The Morgan fingerprint density at radius 2 is 2.14 bits per heavy atom. The van der Waals surface area contributed by atoms with Gasteiger partial charge in [0.05, 0.1) is 0 Å². The van der Waals surface area contributed by atoms with E-state index in [0.29, 0.717) is 17.5 Å². The van der Waals surface area contributed by atoms with Crippen LogP contribution in [0.2, 0.25) is 0 Å². The van der Waals surface area contributed by atoms with Gasteiger partial charge in [0.15, 0.2) is 5.76 Å². The molecule has 0 aliphatic carbocycles. The zero-order valence-corrected chi connectivity index (χ0v) is 12.3. The van der Waals surface area contributed by atoms with Gasteiger partial charge in [0.25, 0.3) is 5.91 Å². The molecule has 0 saturated heterocycles. The van der Waals surface area contributed by atoms with E-state index in [1.165, 1.54) is 6.07 Å². The summed E-state index contributed by atoms with van der Waals surface area (Å²) in [5.41, 5.74) is 6.24. The zero-order valence-electron chi connectivity index (χ0n) is 11.5. The topological polar surface area (TPSA) is 68.3 Å². The van der Waals surface area contributed by atoms with Crippen molar-refractivity contribution in [2.24, 2.45) is 5.73 Å². The highest BCUT2D eigenvalue weighted by molar-refractivity contribution is 7.80. The monoisotopic (exact) mass is 306 g/mol. The summed E-state index contributed by atoms with van der Waals surface area (Å²) in [7, 11) is 0. The number of amides is 1. The highest BCUT2D eigenvalue weighted by Gasteiger charge is 2.12. The number of thiocarbonyl (C=S) groups is 1. The lowest BCUT2D eigenvalue weighted by atomic mass is 10.1. The molecule has 1 amide bonds. The standard InChI is InChI=1S/C15H15FN2O2S/c1-2-11-5-6-13(20-11)15(19)18-8-10-4-3-9(14(17)21)7-12(10)16/h3-7H,2,8H2,1H3,(H2,17,21)(H,18,19). The van der Waals surface area contributed by atoms with Gasteiger partial charge in [-0.15, -0.1) is 0 Å². The Labute approximate surface area is 127 Å². The molecule has 3 N–H and O–H groups in total. The van der Waals surface area contributed by atoms with Crippen LogP contribution in [0, 0.1) is 5.82 Å². The minimum Gasteiger partial charge on any atom is -0.456 e. The molecule has 4 nitrogen and oxygen atoms in total. The molecule has 0 fully saturated rings. The Balaban J connectivity index is 2.02. The van der Waals surface area contributed by atoms with E-state index in [2.05, 4.69) is 5.32 Å². The van der Waals surface area contributed by atoms with Crippen molar-refractivity contribution in [3.63, 3.8) is 0 Å². The number of aryl methyl sites for hydroxylation is 1. The maximum absolute atomic E-state index is 13.8. The number of benzene rings is 1. The van der Waals surface area contributed by atoms with Crippen molar-refractivity contribution in [2.75, 3.05) is 0 Å². The molecular weight excluding hydrogens is 291 g/mol. The van der Waals surface area contributed by atoms with Gasteiger partial charge in [-0.25, -0.2) is 4.39 Å². The summed E-state index contributed by atoms with van der Waals surface area (Å²) in [6, 6.07) is 7.76. The fraction of sp³-hybridized carbons (Fsp3) is 0.200. The number of carbonyl (C=O) groups excluding carboxylic acids is 1. The molecule has 0 atom stereocenters. The Bertz CT molecular complexity index is 682. The Hall–Kier alpha value is -2.21. The lowest BCUT2D eigenvalue weighted by molar-refractivity contribution is 0.0921. The highest BCUT2D eigenvalue weighted by Crippen LogP contribution is 2.12. The van der Waals surface area contributed by atoms with Crippen molar-refractivity contribution in [1.29, 1.82) is 0 Å². The maximum Gasteiger partial charge on any atom is 0.287 e. The van der Waals surface area contributed by atoms with Gasteiger partial charge in [0, 0.05) is 24.1 Å². The van der Waals surface area contributed by atoms with E-state index >= 15 is 0 Å². The lowest BCUT2D eigenvalue weighted by Crippen LogP contribution is -2.23. The number of rotatable bonds is 5. The van der Waals surface area contributed by atoms with E-state index in [9.17, 15) is 9.18 Å². The molecule has 2 aromatic rings. The number of nitrogens with one attached hydrogen (secondary N) is 1. The Morgan fingerprint density at radius 3 is 2.71 bits per heavy atom. The van der Waals surface area contributed by atoms with Crippen molar-refractivity contribution in [3.8, 4) is 0 Å². The molecular formula is C15H15FN2O2S. The first kappa shape index (κ1) is 15.2. The molecule has 0 aliphatic rings. The largest absolute Gasteiger partial charge is 0.456 e. The molecule has 21 heavy (non-hydrogen) atoms. The summed E-state index contributed by atoms with van der Waals surface area (Å²) in [5.74, 6) is 0.0981. The fourth-order valence-corrected chi connectivity index (χ4v) is 1.92. The molecule has 0 spiro atoms. The van der Waals surface area contributed by atoms with Crippen molar-refractivity contribution in [1.82, 2.24) is 5.32 Å². The molecule has 2 rings (SSSR count). The number of halogens is 1. The molecule has 1 heterocycles. The number of hydrogen-bond donors (Lipinski definition) is 2. The van der Waals surface area contributed by atoms with Gasteiger partial charge < -0.3 is 15.5 Å². The lowest BCUT2D eigenvalue weighted by Gasteiger charge is -2.06. The van der Waals surface area contributed by atoms with Crippen LogP contribution in [-0.4, -0.2) is 10.9 Å². The molecule has 0 bridgehead atoms.